The normalized spacial score (nSPS) is 19.9. The van der Waals surface area contributed by atoms with Crippen LogP contribution in [-0.2, 0) is 11.2 Å². The van der Waals surface area contributed by atoms with E-state index in [0.29, 0.717) is 5.92 Å². The van der Waals surface area contributed by atoms with Gasteiger partial charge in [0.05, 0.1) is 0 Å². The number of benzene rings is 1. The average molecular weight is 244 g/mol. The first-order chi connectivity index (χ1) is 8.77. The molecule has 1 amide bonds. The Bertz CT molecular complexity index is 464. The van der Waals surface area contributed by atoms with Gasteiger partial charge in [0.15, 0.2) is 0 Å². The van der Waals surface area contributed by atoms with Crippen molar-refractivity contribution in [1.29, 1.82) is 0 Å². The Kier molecular flexibility index (Phi) is 3.08. The zero-order valence-corrected chi connectivity index (χ0v) is 10.9. The molecule has 3 heteroatoms. The molecule has 0 aromatic heterocycles. The molecule has 0 radical (unpaired) electrons. The molecule has 0 unspecified atom stereocenters. The van der Waals surface area contributed by atoms with Crippen LogP contribution < -0.4 is 10.2 Å². The smallest absolute Gasteiger partial charge is 0.223 e. The molecule has 96 valence electrons. The van der Waals surface area contributed by atoms with Gasteiger partial charge in [-0.1, -0.05) is 12.1 Å². The number of carbonyl (C=O) groups excluding carboxylic acids is 1. The highest BCUT2D eigenvalue weighted by molar-refractivity contribution is 5.94. The van der Waals surface area contributed by atoms with Crippen LogP contribution >= 0.6 is 0 Å². The first-order valence-electron chi connectivity index (χ1n) is 6.88. The fraction of sp³-hybridized carbons (Fsp3) is 0.533. The van der Waals surface area contributed by atoms with E-state index in [2.05, 4.69) is 23.5 Å². The van der Waals surface area contributed by atoms with Crippen molar-refractivity contribution in [2.24, 2.45) is 0 Å². The van der Waals surface area contributed by atoms with Gasteiger partial charge in [-0.3, -0.25) is 4.79 Å². The topological polar surface area (TPSA) is 32.3 Å². The summed E-state index contributed by atoms with van der Waals surface area (Å²) in [4.78, 5) is 13.5. The number of anilines is 1. The highest BCUT2D eigenvalue weighted by Crippen LogP contribution is 2.37. The van der Waals surface area contributed by atoms with Gasteiger partial charge in [0.1, 0.15) is 0 Å². The summed E-state index contributed by atoms with van der Waals surface area (Å²) in [5.74, 6) is 0.837. The molecular weight excluding hydrogens is 224 g/mol. The van der Waals surface area contributed by atoms with Crippen LogP contribution in [-0.4, -0.2) is 25.5 Å². The number of fused-ring (bicyclic) bond motifs is 1. The molecule has 1 saturated heterocycles. The first-order valence-corrected chi connectivity index (χ1v) is 6.88. The monoisotopic (exact) mass is 244 g/mol. The summed E-state index contributed by atoms with van der Waals surface area (Å²) in [5.41, 5.74) is 4.05. The second kappa shape index (κ2) is 4.73. The van der Waals surface area contributed by atoms with E-state index < -0.39 is 0 Å². The van der Waals surface area contributed by atoms with Crippen LogP contribution in [0.5, 0.6) is 0 Å². The number of nitrogens with zero attached hydrogens (tertiary/aromatic N) is 1. The lowest BCUT2D eigenvalue weighted by atomic mass is 9.86. The van der Waals surface area contributed by atoms with Crippen LogP contribution in [0.2, 0.25) is 0 Å². The lowest BCUT2D eigenvalue weighted by molar-refractivity contribution is -0.116. The lowest BCUT2D eigenvalue weighted by Gasteiger charge is -2.25. The summed E-state index contributed by atoms with van der Waals surface area (Å²) in [6.07, 6.45) is 3.46. The number of hydrogen-bond acceptors (Lipinski definition) is 2. The van der Waals surface area contributed by atoms with E-state index >= 15 is 0 Å². The second-order valence-electron chi connectivity index (χ2n) is 5.29. The lowest BCUT2D eigenvalue weighted by Crippen LogP contribution is -2.27. The van der Waals surface area contributed by atoms with E-state index in [9.17, 15) is 4.79 Å². The summed E-state index contributed by atoms with van der Waals surface area (Å²) in [6, 6.07) is 6.46. The van der Waals surface area contributed by atoms with Crippen LogP contribution in [0.3, 0.4) is 0 Å². The van der Waals surface area contributed by atoms with Crippen molar-refractivity contribution in [3.8, 4) is 0 Å². The van der Waals surface area contributed by atoms with Crippen LogP contribution in [0, 0.1) is 0 Å². The van der Waals surface area contributed by atoms with Crippen molar-refractivity contribution in [2.45, 2.75) is 32.1 Å². The third-order valence-electron chi connectivity index (χ3n) is 4.22. The summed E-state index contributed by atoms with van der Waals surface area (Å²) in [7, 11) is 0. The van der Waals surface area contributed by atoms with Gasteiger partial charge in [0.2, 0.25) is 5.91 Å². The van der Waals surface area contributed by atoms with Crippen molar-refractivity contribution in [3.63, 3.8) is 0 Å². The first kappa shape index (κ1) is 11.7. The van der Waals surface area contributed by atoms with E-state index in [-0.39, 0.29) is 5.91 Å². The Morgan fingerprint density at radius 2 is 2.11 bits per heavy atom. The SMILES string of the molecule is CC(=O)N1CCc2c(C3CCNCC3)cccc21. The standard InChI is InChI=1S/C15H20N2O/c1-11(18)17-10-7-14-13(3-2-4-15(14)17)12-5-8-16-9-6-12/h2-4,12,16H,5-10H2,1H3. The maximum absolute atomic E-state index is 11.6. The van der Waals surface area contributed by atoms with E-state index in [0.717, 1.165) is 31.7 Å². The molecule has 0 saturated carbocycles. The molecule has 1 aromatic carbocycles. The number of rotatable bonds is 1. The number of carbonyl (C=O) groups is 1. The minimum atomic E-state index is 0.163. The van der Waals surface area contributed by atoms with E-state index in [1.807, 2.05) is 4.90 Å². The third kappa shape index (κ3) is 1.93. The van der Waals surface area contributed by atoms with Gasteiger partial charge < -0.3 is 10.2 Å². The summed E-state index contributed by atoms with van der Waals surface area (Å²) >= 11 is 0. The molecule has 0 atom stereocenters. The molecule has 0 aliphatic carbocycles. The van der Waals surface area contributed by atoms with Crippen LogP contribution in [0.25, 0.3) is 0 Å². The van der Waals surface area contributed by atoms with Crippen molar-refractivity contribution < 1.29 is 4.79 Å². The largest absolute Gasteiger partial charge is 0.317 e. The third-order valence-corrected chi connectivity index (χ3v) is 4.22. The van der Waals surface area contributed by atoms with Gasteiger partial charge in [0, 0.05) is 19.2 Å². The average Bonchev–Trinajstić information content (AvgIpc) is 2.83. The van der Waals surface area contributed by atoms with Crippen molar-refractivity contribution in [1.82, 2.24) is 5.32 Å². The van der Waals surface area contributed by atoms with Gasteiger partial charge in [-0.2, -0.15) is 0 Å². The van der Waals surface area contributed by atoms with Crippen molar-refractivity contribution in [2.75, 3.05) is 24.5 Å². The Hall–Kier alpha value is -1.35. The predicted octanol–water partition coefficient (Wildman–Crippen LogP) is 2.06. The molecule has 1 N–H and O–H groups in total. The maximum atomic E-state index is 11.6. The van der Waals surface area contributed by atoms with E-state index in [4.69, 9.17) is 0 Å². The number of nitrogens with one attached hydrogen (secondary N) is 1. The minimum Gasteiger partial charge on any atom is -0.317 e. The number of hydrogen-bond donors (Lipinski definition) is 1. The minimum absolute atomic E-state index is 0.163. The molecule has 1 fully saturated rings. The van der Waals surface area contributed by atoms with Gasteiger partial charge in [-0.05, 0) is 55.5 Å². The van der Waals surface area contributed by atoms with Crippen LogP contribution in [0.1, 0.15) is 36.8 Å². The number of piperidine rings is 1. The van der Waals surface area contributed by atoms with Crippen molar-refractivity contribution >= 4 is 11.6 Å². The molecule has 1 aromatic rings. The zero-order valence-electron chi connectivity index (χ0n) is 10.9. The molecule has 18 heavy (non-hydrogen) atoms. The zero-order chi connectivity index (χ0) is 12.5. The molecule has 0 spiro atoms. The molecule has 2 heterocycles. The maximum Gasteiger partial charge on any atom is 0.223 e. The van der Waals surface area contributed by atoms with Crippen molar-refractivity contribution in [3.05, 3.63) is 29.3 Å². The highest BCUT2D eigenvalue weighted by Gasteiger charge is 2.27. The van der Waals surface area contributed by atoms with Gasteiger partial charge >= 0.3 is 0 Å². The fourth-order valence-electron chi connectivity index (χ4n) is 3.30. The number of amides is 1. The molecule has 3 rings (SSSR count). The van der Waals surface area contributed by atoms with Crippen LogP contribution in [0.15, 0.2) is 18.2 Å². The molecular formula is C15H20N2O. The summed E-state index contributed by atoms with van der Waals surface area (Å²) in [5, 5.41) is 3.41. The Balaban J connectivity index is 1.95. The van der Waals surface area contributed by atoms with Crippen LogP contribution in [0.4, 0.5) is 5.69 Å². The van der Waals surface area contributed by atoms with Gasteiger partial charge in [-0.25, -0.2) is 0 Å². The quantitative estimate of drug-likeness (QED) is 0.820. The van der Waals surface area contributed by atoms with Gasteiger partial charge in [0.25, 0.3) is 0 Å². The Morgan fingerprint density at radius 1 is 1.33 bits per heavy atom. The fourth-order valence-corrected chi connectivity index (χ4v) is 3.30. The van der Waals surface area contributed by atoms with E-state index in [1.54, 1.807) is 6.92 Å². The van der Waals surface area contributed by atoms with Gasteiger partial charge in [-0.15, -0.1) is 0 Å². The molecule has 3 nitrogen and oxygen atoms in total. The second-order valence-corrected chi connectivity index (χ2v) is 5.29. The summed E-state index contributed by atoms with van der Waals surface area (Å²) < 4.78 is 0. The molecule has 0 bridgehead atoms. The molecule has 2 aliphatic rings. The Morgan fingerprint density at radius 3 is 2.83 bits per heavy atom. The highest BCUT2D eigenvalue weighted by atomic mass is 16.2. The predicted molar refractivity (Wildman–Crippen MR) is 73.0 cm³/mol. The Labute approximate surface area is 108 Å². The molecule has 2 aliphatic heterocycles. The summed E-state index contributed by atoms with van der Waals surface area (Å²) in [6.45, 7) is 4.74. The van der Waals surface area contributed by atoms with E-state index in [1.165, 1.54) is 24.0 Å².